The Labute approximate surface area is 176 Å². The fourth-order valence-electron chi connectivity index (χ4n) is 3.37. The molecule has 1 amide bonds. The number of hydrogen-bond acceptors (Lipinski definition) is 6. The smallest absolute Gasteiger partial charge is 0.271 e. The molecule has 2 aromatic rings. The Morgan fingerprint density at radius 1 is 1.37 bits per heavy atom. The lowest BCUT2D eigenvalue weighted by Crippen LogP contribution is -2.31. The van der Waals surface area contributed by atoms with Crippen molar-refractivity contribution in [2.75, 3.05) is 37.3 Å². The molecule has 0 saturated carbocycles. The number of nitrogens with zero attached hydrogens (tertiary/aromatic N) is 2. The number of aromatic nitrogens is 2. The second-order valence-corrected chi connectivity index (χ2v) is 7.69. The van der Waals surface area contributed by atoms with Gasteiger partial charge in [-0.3, -0.25) is 9.59 Å². The third kappa shape index (κ3) is 5.70. The van der Waals surface area contributed by atoms with E-state index in [4.69, 9.17) is 0 Å². The van der Waals surface area contributed by atoms with E-state index in [-0.39, 0.29) is 17.5 Å². The van der Waals surface area contributed by atoms with Crippen molar-refractivity contribution in [3.8, 4) is 11.1 Å². The number of nitrogens with one attached hydrogen (secondary N) is 4. The van der Waals surface area contributed by atoms with Crippen LogP contribution in [0.25, 0.3) is 11.1 Å². The molecule has 30 heavy (non-hydrogen) atoms. The normalized spacial score (nSPS) is 16.4. The van der Waals surface area contributed by atoms with Gasteiger partial charge in [0.2, 0.25) is 5.91 Å². The highest BCUT2D eigenvalue weighted by Gasteiger charge is 2.25. The van der Waals surface area contributed by atoms with Crippen LogP contribution in [-0.4, -0.2) is 59.5 Å². The van der Waals surface area contributed by atoms with Crippen LogP contribution in [0, 0.1) is 0 Å². The lowest BCUT2D eigenvalue weighted by Gasteiger charge is -2.16. The van der Waals surface area contributed by atoms with Crippen molar-refractivity contribution < 1.29 is 4.79 Å². The van der Waals surface area contributed by atoms with Crippen LogP contribution in [-0.2, 0) is 4.79 Å². The van der Waals surface area contributed by atoms with Gasteiger partial charge in [0.15, 0.2) is 0 Å². The molecule has 0 spiro atoms. The number of carbonyl (C=O) groups excluding carboxylic acids is 1. The van der Waals surface area contributed by atoms with E-state index in [9.17, 15) is 9.59 Å². The molecular formula is C22H30N6O2. The zero-order valence-electron chi connectivity index (χ0n) is 17.7. The van der Waals surface area contributed by atoms with E-state index in [1.807, 2.05) is 36.2 Å². The first kappa shape index (κ1) is 21.6. The van der Waals surface area contributed by atoms with Crippen LogP contribution in [0.1, 0.15) is 20.3 Å². The number of aromatic amines is 1. The first-order valence-electron chi connectivity index (χ1n) is 10.3. The Kier molecular flexibility index (Phi) is 7.24. The number of carbonyl (C=O) groups is 1. The summed E-state index contributed by atoms with van der Waals surface area (Å²) in [5.74, 6) is 0.763. The van der Waals surface area contributed by atoms with E-state index in [0.29, 0.717) is 31.4 Å². The Morgan fingerprint density at radius 2 is 2.20 bits per heavy atom. The van der Waals surface area contributed by atoms with Gasteiger partial charge in [-0.2, -0.15) is 0 Å². The molecule has 1 aliphatic rings. The van der Waals surface area contributed by atoms with E-state index >= 15 is 0 Å². The molecule has 1 fully saturated rings. The third-order valence-corrected chi connectivity index (χ3v) is 5.02. The number of H-pyrrole nitrogens is 1. The number of amides is 1. The molecule has 1 saturated heterocycles. The maximum absolute atomic E-state index is 12.4. The number of likely N-dealkylation sites (tertiary alicyclic amines) is 1. The molecular weight excluding hydrogens is 380 g/mol. The van der Waals surface area contributed by atoms with E-state index in [1.54, 1.807) is 18.5 Å². The predicted molar refractivity (Wildman–Crippen MR) is 121 cm³/mol. The van der Waals surface area contributed by atoms with Crippen LogP contribution < -0.4 is 21.5 Å². The molecule has 0 radical (unpaired) electrons. The molecule has 1 aliphatic heterocycles. The van der Waals surface area contributed by atoms with Crippen molar-refractivity contribution in [2.45, 2.75) is 32.4 Å². The predicted octanol–water partition coefficient (Wildman–Crippen LogP) is 2.05. The number of anilines is 2. The van der Waals surface area contributed by atoms with E-state index in [1.165, 1.54) is 0 Å². The van der Waals surface area contributed by atoms with Gasteiger partial charge in [0, 0.05) is 62.8 Å². The molecule has 8 heteroatoms. The fraction of sp³-hybridized carbons (Fsp3) is 0.409. The molecule has 0 aliphatic carbocycles. The summed E-state index contributed by atoms with van der Waals surface area (Å²) in [5.41, 5.74) is 2.18. The quantitative estimate of drug-likeness (QED) is 0.497. The SMILES string of the molecule is CNc1cc(-c2c[nH]c(=O)c(N[C@@H]3CCN(C(=O)C=CCNC(C)C)C3)c2)ccn1. The van der Waals surface area contributed by atoms with Crippen LogP contribution in [0.2, 0.25) is 0 Å². The first-order valence-corrected chi connectivity index (χ1v) is 10.3. The lowest BCUT2D eigenvalue weighted by molar-refractivity contribution is -0.125. The van der Waals surface area contributed by atoms with Gasteiger partial charge in [0.05, 0.1) is 0 Å². The van der Waals surface area contributed by atoms with E-state index in [2.05, 4.69) is 39.8 Å². The Morgan fingerprint density at radius 3 is 2.97 bits per heavy atom. The summed E-state index contributed by atoms with van der Waals surface area (Å²) in [6.07, 6.45) is 7.69. The van der Waals surface area contributed by atoms with Crippen molar-refractivity contribution in [1.29, 1.82) is 0 Å². The standard InChI is InChI=1S/C22H30N6O2/c1-15(2)24-8-4-5-21(29)28-10-7-18(14-28)27-19-11-17(13-26-22(19)30)16-6-9-25-20(12-16)23-3/h4-6,9,11-13,15,18,24,27H,7-8,10,14H2,1-3H3,(H,23,25)(H,26,30)/t18-/m1/s1. The van der Waals surface area contributed by atoms with Gasteiger partial charge in [-0.15, -0.1) is 0 Å². The van der Waals surface area contributed by atoms with E-state index < -0.39 is 0 Å². The minimum atomic E-state index is -0.175. The molecule has 0 aromatic carbocycles. The summed E-state index contributed by atoms with van der Waals surface area (Å²) in [6.45, 7) is 6.05. The van der Waals surface area contributed by atoms with Gasteiger partial charge < -0.3 is 25.8 Å². The number of pyridine rings is 2. The largest absolute Gasteiger partial charge is 0.376 e. The Balaban J connectivity index is 1.63. The summed E-state index contributed by atoms with van der Waals surface area (Å²) < 4.78 is 0. The number of hydrogen-bond donors (Lipinski definition) is 4. The summed E-state index contributed by atoms with van der Waals surface area (Å²) in [4.78, 5) is 33.5. The average Bonchev–Trinajstić information content (AvgIpc) is 3.21. The summed E-state index contributed by atoms with van der Waals surface area (Å²) >= 11 is 0. The van der Waals surface area contributed by atoms with Gasteiger partial charge in [-0.25, -0.2) is 4.98 Å². The molecule has 2 aromatic heterocycles. The Bertz CT molecular complexity index is 953. The molecule has 3 rings (SSSR count). The second-order valence-electron chi connectivity index (χ2n) is 7.69. The Hall–Kier alpha value is -3.13. The minimum absolute atomic E-state index is 0.00361. The van der Waals surface area contributed by atoms with E-state index in [0.717, 1.165) is 23.4 Å². The van der Waals surface area contributed by atoms with Gasteiger partial charge in [-0.1, -0.05) is 19.9 Å². The molecule has 0 unspecified atom stereocenters. The van der Waals surface area contributed by atoms with Crippen molar-refractivity contribution in [3.63, 3.8) is 0 Å². The van der Waals surface area contributed by atoms with Crippen LogP contribution in [0.3, 0.4) is 0 Å². The molecule has 160 valence electrons. The molecule has 0 bridgehead atoms. The zero-order valence-corrected chi connectivity index (χ0v) is 17.7. The molecule has 8 nitrogen and oxygen atoms in total. The van der Waals surface area contributed by atoms with Gasteiger partial charge >= 0.3 is 0 Å². The second kappa shape index (κ2) is 10.1. The van der Waals surface area contributed by atoms with Crippen LogP contribution in [0.15, 0.2) is 47.5 Å². The fourth-order valence-corrected chi connectivity index (χ4v) is 3.37. The summed E-state index contributed by atoms with van der Waals surface area (Å²) in [7, 11) is 1.81. The topological polar surface area (TPSA) is 102 Å². The summed E-state index contributed by atoms with van der Waals surface area (Å²) in [6, 6.07) is 6.09. The summed E-state index contributed by atoms with van der Waals surface area (Å²) in [5, 5.41) is 9.57. The first-order chi connectivity index (χ1) is 14.5. The van der Waals surface area contributed by atoms with Gasteiger partial charge in [-0.05, 0) is 30.2 Å². The van der Waals surface area contributed by atoms with Crippen molar-refractivity contribution in [2.24, 2.45) is 0 Å². The monoisotopic (exact) mass is 410 g/mol. The maximum Gasteiger partial charge on any atom is 0.271 e. The highest BCUT2D eigenvalue weighted by molar-refractivity contribution is 5.87. The molecule has 4 N–H and O–H groups in total. The van der Waals surface area contributed by atoms with Gasteiger partial charge in [0.1, 0.15) is 11.5 Å². The lowest BCUT2D eigenvalue weighted by atomic mass is 10.1. The molecule has 1 atom stereocenters. The zero-order chi connectivity index (χ0) is 21.5. The minimum Gasteiger partial charge on any atom is -0.376 e. The van der Waals surface area contributed by atoms with Crippen LogP contribution >= 0.6 is 0 Å². The van der Waals surface area contributed by atoms with Crippen molar-refractivity contribution in [3.05, 3.63) is 53.1 Å². The number of rotatable bonds is 8. The van der Waals surface area contributed by atoms with Crippen molar-refractivity contribution in [1.82, 2.24) is 20.2 Å². The maximum atomic E-state index is 12.4. The highest BCUT2D eigenvalue weighted by Crippen LogP contribution is 2.22. The molecule has 3 heterocycles. The average molecular weight is 411 g/mol. The van der Waals surface area contributed by atoms with Gasteiger partial charge in [0.25, 0.3) is 5.56 Å². The third-order valence-electron chi connectivity index (χ3n) is 5.02. The van der Waals surface area contributed by atoms with Crippen molar-refractivity contribution >= 4 is 17.4 Å². The van der Waals surface area contributed by atoms with Crippen LogP contribution in [0.5, 0.6) is 0 Å². The highest BCUT2D eigenvalue weighted by atomic mass is 16.2. The van der Waals surface area contributed by atoms with Crippen LogP contribution in [0.4, 0.5) is 11.5 Å².